The first-order chi connectivity index (χ1) is 10.6. The van der Waals surface area contributed by atoms with Gasteiger partial charge in [0.1, 0.15) is 17.6 Å². The molecule has 2 aromatic carbocycles. The highest BCUT2D eigenvalue weighted by Gasteiger charge is 2.14. The average molecular weight is 298 g/mol. The summed E-state index contributed by atoms with van der Waals surface area (Å²) in [6.45, 7) is 1.69. The first-order valence-corrected chi connectivity index (χ1v) is 6.73. The average Bonchev–Trinajstić information content (AvgIpc) is 2.53. The van der Waals surface area contributed by atoms with Crippen LogP contribution in [-0.2, 0) is 4.79 Å². The summed E-state index contributed by atoms with van der Waals surface area (Å²) in [4.78, 5) is 11.9. The zero-order valence-electron chi connectivity index (χ0n) is 12.0. The first kappa shape index (κ1) is 15.5. The van der Waals surface area contributed by atoms with Crippen molar-refractivity contribution in [2.24, 2.45) is 0 Å². The molecule has 0 unspecified atom stereocenters. The second kappa shape index (κ2) is 7.23. The van der Waals surface area contributed by atoms with Gasteiger partial charge in [-0.1, -0.05) is 30.3 Å². The Morgan fingerprint density at radius 3 is 2.59 bits per heavy atom. The van der Waals surface area contributed by atoms with Gasteiger partial charge in [0, 0.05) is 0 Å². The molecule has 1 N–H and O–H groups in total. The van der Waals surface area contributed by atoms with Crippen molar-refractivity contribution in [2.45, 2.75) is 13.0 Å². The lowest BCUT2D eigenvalue weighted by atomic mass is 10.1. The normalized spacial score (nSPS) is 11.3. The van der Waals surface area contributed by atoms with Gasteiger partial charge in [0.05, 0.1) is 6.07 Å². The molecule has 0 aliphatic heterocycles. The van der Waals surface area contributed by atoms with Gasteiger partial charge in [-0.15, -0.1) is 0 Å². The number of nitrogens with one attached hydrogen (secondary N) is 1. The summed E-state index contributed by atoms with van der Waals surface area (Å²) in [5, 5.41) is 11.7. The predicted octanol–water partition coefficient (Wildman–Crippen LogP) is 2.89. The summed E-state index contributed by atoms with van der Waals surface area (Å²) in [5.74, 6) is -0.193. The van der Waals surface area contributed by atoms with Gasteiger partial charge in [-0.3, -0.25) is 4.79 Å². The third-order valence-electron chi connectivity index (χ3n) is 3.09. The quantitative estimate of drug-likeness (QED) is 0.923. The molecule has 5 heteroatoms. The zero-order valence-corrected chi connectivity index (χ0v) is 12.0. The standard InChI is InChI=1S/C17H15FN2O2/c1-12-4-2-3-5-16(12)22-11-17(21)20-15(10-19)13-6-8-14(18)9-7-13/h2-9,15H,11H2,1H3,(H,20,21)/t15-/m1/s1. The molecule has 0 saturated carbocycles. The molecule has 0 radical (unpaired) electrons. The molecule has 2 rings (SSSR count). The second-order valence-corrected chi connectivity index (χ2v) is 4.74. The summed E-state index contributed by atoms with van der Waals surface area (Å²) in [6.07, 6.45) is 0. The summed E-state index contributed by atoms with van der Waals surface area (Å²) in [7, 11) is 0. The Kier molecular flexibility index (Phi) is 5.10. The number of hydrogen-bond donors (Lipinski definition) is 1. The van der Waals surface area contributed by atoms with Crippen LogP contribution in [0, 0.1) is 24.1 Å². The van der Waals surface area contributed by atoms with Gasteiger partial charge >= 0.3 is 0 Å². The Morgan fingerprint density at radius 2 is 1.95 bits per heavy atom. The molecule has 0 spiro atoms. The highest BCUT2D eigenvalue weighted by Crippen LogP contribution is 2.16. The van der Waals surface area contributed by atoms with E-state index in [1.165, 1.54) is 24.3 Å². The number of aryl methyl sites for hydroxylation is 1. The highest BCUT2D eigenvalue weighted by atomic mass is 19.1. The molecule has 0 aliphatic carbocycles. The third-order valence-corrected chi connectivity index (χ3v) is 3.09. The van der Waals surface area contributed by atoms with Crippen LogP contribution in [0.1, 0.15) is 17.2 Å². The molecule has 0 fully saturated rings. The number of hydrogen-bond acceptors (Lipinski definition) is 3. The van der Waals surface area contributed by atoms with Crippen LogP contribution < -0.4 is 10.1 Å². The van der Waals surface area contributed by atoms with E-state index in [1.807, 2.05) is 31.2 Å². The number of para-hydroxylation sites is 1. The van der Waals surface area contributed by atoms with Crippen molar-refractivity contribution in [1.82, 2.24) is 5.32 Å². The number of halogens is 1. The third kappa shape index (κ3) is 4.06. The van der Waals surface area contributed by atoms with Crippen LogP contribution in [0.25, 0.3) is 0 Å². The molecule has 0 heterocycles. The van der Waals surface area contributed by atoms with E-state index >= 15 is 0 Å². The van der Waals surface area contributed by atoms with Crippen LogP contribution in [0.4, 0.5) is 4.39 Å². The molecule has 112 valence electrons. The van der Waals surface area contributed by atoms with Crippen LogP contribution in [0.15, 0.2) is 48.5 Å². The van der Waals surface area contributed by atoms with Gasteiger partial charge in [-0.05, 0) is 36.2 Å². The maximum Gasteiger partial charge on any atom is 0.259 e. The molecule has 2 aromatic rings. The number of carbonyl (C=O) groups excluding carboxylic acids is 1. The van der Waals surface area contributed by atoms with Crippen LogP contribution in [0.3, 0.4) is 0 Å². The van der Waals surface area contributed by atoms with Gasteiger partial charge in [0.25, 0.3) is 5.91 Å². The van der Waals surface area contributed by atoms with Gasteiger partial charge in [-0.25, -0.2) is 4.39 Å². The van der Waals surface area contributed by atoms with E-state index in [0.717, 1.165) is 5.56 Å². The number of nitrogens with zero attached hydrogens (tertiary/aromatic N) is 1. The monoisotopic (exact) mass is 298 g/mol. The highest BCUT2D eigenvalue weighted by molar-refractivity contribution is 5.78. The predicted molar refractivity (Wildman–Crippen MR) is 79.6 cm³/mol. The van der Waals surface area contributed by atoms with E-state index < -0.39 is 17.8 Å². The smallest absolute Gasteiger partial charge is 0.259 e. The van der Waals surface area contributed by atoms with Crippen molar-refractivity contribution in [3.05, 3.63) is 65.5 Å². The summed E-state index contributed by atoms with van der Waals surface area (Å²) in [5.41, 5.74) is 1.44. The number of rotatable bonds is 5. The van der Waals surface area contributed by atoms with E-state index in [2.05, 4.69) is 5.32 Å². The van der Waals surface area contributed by atoms with Crippen LogP contribution in [-0.4, -0.2) is 12.5 Å². The zero-order chi connectivity index (χ0) is 15.9. The van der Waals surface area contributed by atoms with E-state index in [9.17, 15) is 9.18 Å². The van der Waals surface area contributed by atoms with Gasteiger partial charge < -0.3 is 10.1 Å². The van der Waals surface area contributed by atoms with Crippen molar-refractivity contribution >= 4 is 5.91 Å². The molecule has 0 aromatic heterocycles. The molecule has 0 bridgehead atoms. The number of nitriles is 1. The molecule has 0 saturated heterocycles. The van der Waals surface area contributed by atoms with Crippen LogP contribution in [0.2, 0.25) is 0 Å². The van der Waals surface area contributed by atoms with Crippen molar-refractivity contribution in [3.8, 4) is 11.8 Å². The molecular formula is C17H15FN2O2. The fraction of sp³-hybridized carbons (Fsp3) is 0.176. The number of amides is 1. The summed E-state index contributed by atoms with van der Waals surface area (Å²) >= 11 is 0. The number of carbonyl (C=O) groups is 1. The Labute approximate surface area is 128 Å². The van der Waals surface area contributed by atoms with E-state index in [4.69, 9.17) is 10.00 Å². The fourth-order valence-corrected chi connectivity index (χ4v) is 1.91. The van der Waals surface area contributed by atoms with Crippen molar-refractivity contribution in [3.63, 3.8) is 0 Å². The topological polar surface area (TPSA) is 62.1 Å². The minimum absolute atomic E-state index is 0.190. The largest absolute Gasteiger partial charge is 0.484 e. The SMILES string of the molecule is Cc1ccccc1OCC(=O)N[C@H](C#N)c1ccc(F)cc1. The van der Waals surface area contributed by atoms with Gasteiger partial charge in [-0.2, -0.15) is 5.26 Å². The van der Waals surface area contributed by atoms with Gasteiger partial charge in [0.15, 0.2) is 6.61 Å². The Bertz CT molecular complexity index is 693. The minimum Gasteiger partial charge on any atom is -0.484 e. The second-order valence-electron chi connectivity index (χ2n) is 4.74. The lowest BCUT2D eigenvalue weighted by Gasteiger charge is -2.13. The summed E-state index contributed by atoms with van der Waals surface area (Å²) in [6, 6.07) is 13.9. The van der Waals surface area contributed by atoms with E-state index in [0.29, 0.717) is 11.3 Å². The fourth-order valence-electron chi connectivity index (χ4n) is 1.91. The van der Waals surface area contributed by atoms with E-state index in [1.54, 1.807) is 6.07 Å². The maximum absolute atomic E-state index is 12.9. The molecule has 4 nitrogen and oxygen atoms in total. The number of ether oxygens (including phenoxy) is 1. The Hall–Kier alpha value is -2.87. The van der Waals surface area contributed by atoms with Gasteiger partial charge in [0.2, 0.25) is 0 Å². The molecule has 22 heavy (non-hydrogen) atoms. The maximum atomic E-state index is 12.9. The van der Waals surface area contributed by atoms with E-state index in [-0.39, 0.29) is 6.61 Å². The molecule has 1 atom stereocenters. The van der Waals surface area contributed by atoms with Crippen molar-refractivity contribution < 1.29 is 13.9 Å². The number of benzene rings is 2. The molecule has 1 amide bonds. The van der Waals surface area contributed by atoms with Crippen LogP contribution in [0.5, 0.6) is 5.75 Å². The van der Waals surface area contributed by atoms with Crippen molar-refractivity contribution in [2.75, 3.05) is 6.61 Å². The minimum atomic E-state index is -0.839. The molecular weight excluding hydrogens is 283 g/mol. The Morgan fingerprint density at radius 1 is 1.27 bits per heavy atom. The summed E-state index contributed by atoms with van der Waals surface area (Å²) < 4.78 is 18.3. The lowest BCUT2D eigenvalue weighted by molar-refractivity contribution is -0.123. The first-order valence-electron chi connectivity index (χ1n) is 6.73. The van der Waals surface area contributed by atoms with Crippen LogP contribution >= 0.6 is 0 Å². The lowest BCUT2D eigenvalue weighted by Crippen LogP contribution is -2.32. The molecule has 0 aliphatic rings. The van der Waals surface area contributed by atoms with Crippen molar-refractivity contribution in [1.29, 1.82) is 5.26 Å². The Balaban J connectivity index is 1.94.